The first kappa shape index (κ1) is 24.5. The lowest BCUT2D eigenvalue weighted by Crippen LogP contribution is -2.45. The Hall–Kier alpha value is -1.52. The summed E-state index contributed by atoms with van der Waals surface area (Å²) in [6.45, 7) is 6.09. The molecule has 0 aromatic heterocycles. The molecule has 1 aromatic carbocycles. The van der Waals surface area contributed by atoms with Crippen molar-refractivity contribution in [1.82, 2.24) is 10.6 Å². The number of nitrogens with zero attached hydrogens (tertiary/aromatic N) is 1. The van der Waals surface area contributed by atoms with Crippen LogP contribution < -0.4 is 16.0 Å². The molecule has 0 bridgehead atoms. The van der Waals surface area contributed by atoms with Crippen molar-refractivity contribution >= 4 is 41.5 Å². The summed E-state index contributed by atoms with van der Waals surface area (Å²) in [7, 11) is 1.57. The molecular weight excluding hydrogens is 460 g/mol. The Bertz CT molecular complexity index is 626. The number of hydrogen-bond donors (Lipinski definition) is 3. The third kappa shape index (κ3) is 8.24. The SMILES string of the molecule is CN=C(NCC(=O)Nc1ccc(F)c(F)c1F)NC(C)CCC(C)C.I. The van der Waals surface area contributed by atoms with Crippen molar-refractivity contribution in [3.63, 3.8) is 0 Å². The first-order valence-electron chi connectivity index (χ1n) is 8.15. The second kappa shape index (κ2) is 12.0. The molecule has 1 atom stereocenters. The van der Waals surface area contributed by atoms with Gasteiger partial charge >= 0.3 is 0 Å². The quantitative estimate of drug-likeness (QED) is 0.239. The standard InChI is InChI=1S/C17H25F3N4O.HI/c1-10(2)5-6-11(3)23-17(21-4)22-9-14(25)24-13-8-7-12(18)15(19)16(13)20;/h7-8,10-11H,5-6,9H2,1-4H3,(H,24,25)(H2,21,22,23);1H. The third-order valence-electron chi connectivity index (χ3n) is 3.51. The van der Waals surface area contributed by atoms with E-state index in [1.807, 2.05) is 6.92 Å². The number of nitrogens with one attached hydrogen (secondary N) is 3. The number of anilines is 1. The fourth-order valence-electron chi connectivity index (χ4n) is 2.06. The highest BCUT2D eigenvalue weighted by molar-refractivity contribution is 14.0. The van der Waals surface area contributed by atoms with Gasteiger partial charge in [-0.3, -0.25) is 9.79 Å². The topological polar surface area (TPSA) is 65.5 Å². The molecule has 0 radical (unpaired) electrons. The normalized spacial score (nSPS) is 12.4. The Morgan fingerprint density at radius 3 is 2.35 bits per heavy atom. The Morgan fingerprint density at radius 2 is 1.77 bits per heavy atom. The summed E-state index contributed by atoms with van der Waals surface area (Å²) < 4.78 is 39.5. The predicted octanol–water partition coefficient (Wildman–Crippen LogP) is 3.65. The minimum atomic E-state index is -1.62. The van der Waals surface area contributed by atoms with Crippen LogP contribution in [0.4, 0.5) is 18.9 Å². The monoisotopic (exact) mass is 486 g/mol. The van der Waals surface area contributed by atoms with Gasteiger partial charge in [0.15, 0.2) is 23.4 Å². The van der Waals surface area contributed by atoms with Gasteiger partial charge in [-0.2, -0.15) is 0 Å². The van der Waals surface area contributed by atoms with E-state index in [9.17, 15) is 18.0 Å². The second-order valence-corrected chi connectivity index (χ2v) is 6.21. The number of amides is 1. The first-order chi connectivity index (χ1) is 11.7. The fourth-order valence-corrected chi connectivity index (χ4v) is 2.06. The van der Waals surface area contributed by atoms with Crippen LogP contribution in [-0.2, 0) is 4.79 Å². The molecule has 1 unspecified atom stereocenters. The molecule has 26 heavy (non-hydrogen) atoms. The first-order valence-corrected chi connectivity index (χ1v) is 8.15. The molecule has 0 saturated carbocycles. The Balaban J connectivity index is 0.00000625. The number of benzene rings is 1. The number of halogens is 4. The Morgan fingerprint density at radius 1 is 1.12 bits per heavy atom. The number of hydrogen-bond acceptors (Lipinski definition) is 2. The molecule has 9 heteroatoms. The highest BCUT2D eigenvalue weighted by Crippen LogP contribution is 2.19. The maximum Gasteiger partial charge on any atom is 0.243 e. The van der Waals surface area contributed by atoms with Crippen molar-refractivity contribution in [1.29, 1.82) is 0 Å². The number of carbonyl (C=O) groups excluding carboxylic acids is 1. The summed E-state index contributed by atoms with van der Waals surface area (Å²) in [5.74, 6) is -3.95. The lowest BCUT2D eigenvalue weighted by molar-refractivity contribution is -0.115. The van der Waals surface area contributed by atoms with Crippen LogP contribution in [0.15, 0.2) is 17.1 Å². The van der Waals surface area contributed by atoms with Crippen LogP contribution in [-0.4, -0.2) is 31.5 Å². The van der Waals surface area contributed by atoms with E-state index < -0.39 is 29.0 Å². The molecule has 1 rings (SSSR count). The molecule has 148 valence electrons. The summed E-state index contributed by atoms with van der Waals surface area (Å²) in [5, 5.41) is 8.12. The molecule has 5 nitrogen and oxygen atoms in total. The maximum absolute atomic E-state index is 13.5. The number of guanidine groups is 1. The van der Waals surface area contributed by atoms with Gasteiger partial charge in [-0.1, -0.05) is 13.8 Å². The van der Waals surface area contributed by atoms with E-state index in [1.165, 1.54) is 0 Å². The number of rotatable bonds is 7. The van der Waals surface area contributed by atoms with E-state index in [1.54, 1.807) is 7.05 Å². The zero-order chi connectivity index (χ0) is 19.0. The van der Waals surface area contributed by atoms with Crippen molar-refractivity contribution in [2.45, 2.75) is 39.7 Å². The van der Waals surface area contributed by atoms with Crippen molar-refractivity contribution < 1.29 is 18.0 Å². The summed E-state index contributed by atoms with van der Waals surface area (Å²) in [5.41, 5.74) is -0.418. The summed E-state index contributed by atoms with van der Waals surface area (Å²) >= 11 is 0. The second-order valence-electron chi connectivity index (χ2n) is 6.21. The van der Waals surface area contributed by atoms with Crippen LogP contribution in [0.25, 0.3) is 0 Å². The zero-order valence-electron chi connectivity index (χ0n) is 15.3. The van der Waals surface area contributed by atoms with Gasteiger partial charge in [0.2, 0.25) is 5.91 Å². The van der Waals surface area contributed by atoms with Crippen LogP contribution in [0, 0.1) is 23.4 Å². The minimum Gasteiger partial charge on any atom is -0.354 e. The van der Waals surface area contributed by atoms with Gasteiger partial charge in [-0.15, -0.1) is 24.0 Å². The summed E-state index contributed by atoms with van der Waals surface area (Å²) in [4.78, 5) is 15.9. The Labute approximate surface area is 169 Å². The van der Waals surface area contributed by atoms with E-state index in [0.29, 0.717) is 11.9 Å². The molecule has 3 N–H and O–H groups in total. The molecule has 0 aliphatic carbocycles. The summed E-state index contributed by atoms with van der Waals surface area (Å²) in [6.07, 6.45) is 2.01. The lowest BCUT2D eigenvalue weighted by atomic mass is 10.0. The van der Waals surface area contributed by atoms with Crippen molar-refractivity contribution in [2.24, 2.45) is 10.9 Å². The van der Waals surface area contributed by atoms with Crippen LogP contribution in [0.3, 0.4) is 0 Å². The van der Waals surface area contributed by atoms with Crippen molar-refractivity contribution in [3.8, 4) is 0 Å². The highest BCUT2D eigenvalue weighted by Gasteiger charge is 2.15. The van der Waals surface area contributed by atoms with Crippen LogP contribution in [0.2, 0.25) is 0 Å². The van der Waals surface area contributed by atoms with Gasteiger partial charge in [0, 0.05) is 13.1 Å². The fraction of sp³-hybridized carbons (Fsp3) is 0.529. The van der Waals surface area contributed by atoms with Gasteiger partial charge in [0.1, 0.15) is 0 Å². The van der Waals surface area contributed by atoms with Crippen LogP contribution in [0.1, 0.15) is 33.6 Å². The van der Waals surface area contributed by atoms with Gasteiger partial charge in [-0.25, -0.2) is 13.2 Å². The predicted molar refractivity (Wildman–Crippen MR) is 108 cm³/mol. The third-order valence-corrected chi connectivity index (χ3v) is 3.51. The summed E-state index contributed by atoms with van der Waals surface area (Å²) in [6, 6.07) is 1.88. The molecular formula is C17H26F3IN4O. The van der Waals surface area contributed by atoms with Crippen LogP contribution in [0.5, 0.6) is 0 Å². The van der Waals surface area contributed by atoms with E-state index in [0.717, 1.165) is 25.0 Å². The largest absolute Gasteiger partial charge is 0.354 e. The van der Waals surface area contributed by atoms with Gasteiger partial charge in [0.25, 0.3) is 0 Å². The van der Waals surface area contributed by atoms with E-state index in [-0.39, 0.29) is 36.6 Å². The van der Waals surface area contributed by atoms with Crippen molar-refractivity contribution in [2.75, 3.05) is 18.9 Å². The smallest absolute Gasteiger partial charge is 0.243 e. The maximum atomic E-state index is 13.5. The Kier molecular flexibility index (Phi) is 11.3. The number of aliphatic imine (C=N–C) groups is 1. The van der Waals surface area contributed by atoms with E-state index in [4.69, 9.17) is 0 Å². The average Bonchev–Trinajstić information content (AvgIpc) is 2.57. The molecule has 0 aliphatic rings. The lowest BCUT2D eigenvalue weighted by Gasteiger charge is -2.18. The molecule has 0 heterocycles. The number of carbonyl (C=O) groups is 1. The minimum absolute atomic E-state index is 0. The van der Waals surface area contributed by atoms with Gasteiger partial charge in [-0.05, 0) is 37.8 Å². The molecule has 0 spiro atoms. The molecule has 1 aromatic rings. The molecule has 0 fully saturated rings. The molecule has 1 amide bonds. The zero-order valence-corrected chi connectivity index (χ0v) is 17.7. The highest BCUT2D eigenvalue weighted by atomic mass is 127. The van der Waals surface area contributed by atoms with E-state index >= 15 is 0 Å². The van der Waals surface area contributed by atoms with Gasteiger partial charge < -0.3 is 16.0 Å². The van der Waals surface area contributed by atoms with Crippen LogP contribution >= 0.6 is 24.0 Å². The molecule has 0 saturated heterocycles. The van der Waals surface area contributed by atoms with Crippen molar-refractivity contribution in [3.05, 3.63) is 29.6 Å². The average molecular weight is 486 g/mol. The van der Waals surface area contributed by atoms with Gasteiger partial charge in [0.05, 0.1) is 12.2 Å². The molecule has 0 aliphatic heterocycles. The van der Waals surface area contributed by atoms with E-state index in [2.05, 4.69) is 34.8 Å².